The summed E-state index contributed by atoms with van der Waals surface area (Å²) in [5.41, 5.74) is 3.89. The van der Waals surface area contributed by atoms with Crippen LogP contribution in [-0.2, 0) is 4.79 Å². The van der Waals surface area contributed by atoms with Crippen molar-refractivity contribution in [1.82, 2.24) is 9.97 Å². The van der Waals surface area contributed by atoms with E-state index in [0.717, 1.165) is 27.4 Å². The fourth-order valence-electron chi connectivity index (χ4n) is 2.79. The van der Waals surface area contributed by atoms with Crippen molar-refractivity contribution in [1.29, 1.82) is 5.26 Å². The number of aliphatic carboxylic acids is 1. The number of H-pyrrole nitrogens is 2. The monoisotopic (exact) mass is 359 g/mol. The largest absolute Gasteiger partial charge is 0.481 e. The number of fused-ring (bicyclic) bond motifs is 3. The number of carbonyl (C=O) groups is 1. The zero-order valence-corrected chi connectivity index (χ0v) is 14.6. The number of aromatic amines is 2. The van der Waals surface area contributed by atoms with Crippen LogP contribution >= 0.6 is 0 Å². The molecule has 0 atom stereocenters. The molecule has 134 valence electrons. The molecule has 0 spiro atoms. The second-order valence-corrected chi connectivity index (χ2v) is 5.92. The number of nitriles is 1. The van der Waals surface area contributed by atoms with Crippen molar-refractivity contribution in [2.75, 3.05) is 0 Å². The highest BCUT2D eigenvalue weighted by atomic mass is 16.4. The van der Waals surface area contributed by atoms with Gasteiger partial charge in [-0.1, -0.05) is 25.1 Å². The Morgan fingerprint density at radius 2 is 1.85 bits per heavy atom. The SMILES string of the molecule is CCC(=O)O.N#Cc1cccc(-c2ccc3[nH]c(=O)c4[nH]ccc4c3c2)c1. The lowest BCUT2D eigenvalue weighted by Gasteiger charge is -2.05. The van der Waals surface area contributed by atoms with Crippen LogP contribution in [-0.4, -0.2) is 21.0 Å². The topological polar surface area (TPSA) is 110 Å². The molecule has 2 aromatic heterocycles. The van der Waals surface area contributed by atoms with Crippen molar-refractivity contribution < 1.29 is 9.90 Å². The predicted molar refractivity (Wildman–Crippen MR) is 105 cm³/mol. The first-order valence-electron chi connectivity index (χ1n) is 8.39. The number of carboxylic acid groups (broad SMARTS) is 1. The Morgan fingerprint density at radius 3 is 2.56 bits per heavy atom. The number of carboxylic acids is 1. The molecule has 0 aliphatic rings. The molecule has 0 unspecified atom stereocenters. The van der Waals surface area contributed by atoms with Gasteiger partial charge in [-0.15, -0.1) is 0 Å². The van der Waals surface area contributed by atoms with Crippen LogP contribution in [0.15, 0.2) is 59.5 Å². The zero-order valence-electron chi connectivity index (χ0n) is 14.6. The summed E-state index contributed by atoms with van der Waals surface area (Å²) >= 11 is 0. The van der Waals surface area contributed by atoms with Crippen molar-refractivity contribution in [3.05, 3.63) is 70.6 Å². The van der Waals surface area contributed by atoms with E-state index in [4.69, 9.17) is 10.4 Å². The van der Waals surface area contributed by atoms with Crippen LogP contribution in [0.3, 0.4) is 0 Å². The van der Waals surface area contributed by atoms with E-state index in [2.05, 4.69) is 16.0 Å². The summed E-state index contributed by atoms with van der Waals surface area (Å²) in [5, 5.41) is 18.6. The minimum atomic E-state index is -0.745. The quantitative estimate of drug-likeness (QED) is 0.502. The average Bonchev–Trinajstić information content (AvgIpc) is 3.19. The molecule has 6 nitrogen and oxygen atoms in total. The van der Waals surface area contributed by atoms with Gasteiger partial charge in [-0.05, 0) is 41.5 Å². The molecule has 4 aromatic rings. The van der Waals surface area contributed by atoms with E-state index >= 15 is 0 Å². The number of hydrogen-bond donors (Lipinski definition) is 3. The Kier molecular flexibility index (Phi) is 5.04. The number of pyridine rings is 1. The van der Waals surface area contributed by atoms with Crippen molar-refractivity contribution in [2.24, 2.45) is 0 Å². The van der Waals surface area contributed by atoms with Crippen molar-refractivity contribution in [2.45, 2.75) is 13.3 Å². The predicted octanol–water partition coefficient (Wildman–Crippen LogP) is 4.03. The maximum Gasteiger partial charge on any atom is 0.303 e. The first-order chi connectivity index (χ1) is 13.0. The summed E-state index contributed by atoms with van der Waals surface area (Å²) in [6.07, 6.45) is 1.99. The molecule has 4 rings (SSSR count). The summed E-state index contributed by atoms with van der Waals surface area (Å²) in [7, 11) is 0. The maximum absolute atomic E-state index is 12.0. The summed E-state index contributed by atoms with van der Waals surface area (Å²) in [4.78, 5) is 27.2. The molecule has 0 fully saturated rings. The highest BCUT2D eigenvalue weighted by Gasteiger charge is 2.07. The van der Waals surface area contributed by atoms with Crippen LogP contribution in [0.4, 0.5) is 0 Å². The Bertz CT molecular complexity index is 1230. The molecular weight excluding hydrogens is 342 g/mol. The van der Waals surface area contributed by atoms with Crippen LogP contribution in [0.1, 0.15) is 18.9 Å². The van der Waals surface area contributed by atoms with E-state index in [-0.39, 0.29) is 12.0 Å². The molecule has 2 heterocycles. The third-order valence-corrected chi connectivity index (χ3v) is 4.16. The van der Waals surface area contributed by atoms with Crippen LogP contribution in [0, 0.1) is 11.3 Å². The third kappa shape index (κ3) is 3.72. The maximum atomic E-state index is 12.0. The second kappa shape index (κ2) is 7.58. The van der Waals surface area contributed by atoms with Gasteiger partial charge in [0.1, 0.15) is 5.52 Å². The molecule has 0 amide bonds. The number of nitrogens with zero attached hydrogens (tertiary/aromatic N) is 1. The van der Waals surface area contributed by atoms with Gasteiger partial charge in [0.25, 0.3) is 5.56 Å². The molecule has 0 aliphatic carbocycles. The number of benzene rings is 2. The third-order valence-electron chi connectivity index (χ3n) is 4.16. The Balaban J connectivity index is 0.000000376. The van der Waals surface area contributed by atoms with Crippen LogP contribution in [0.2, 0.25) is 0 Å². The van der Waals surface area contributed by atoms with Crippen LogP contribution < -0.4 is 5.56 Å². The molecule has 0 bridgehead atoms. The Morgan fingerprint density at radius 1 is 1.11 bits per heavy atom. The standard InChI is InChI=1S/C18H11N3O.C3H6O2/c19-10-11-2-1-3-12(8-11)13-4-5-16-15(9-13)14-6-7-20-17(14)18(22)21-16;1-2-3(4)5/h1-9,20H,(H,21,22);2H2,1H3,(H,4,5). The Labute approximate surface area is 154 Å². The molecule has 0 saturated heterocycles. The molecule has 0 aliphatic heterocycles. The minimum Gasteiger partial charge on any atom is -0.481 e. The van der Waals surface area contributed by atoms with Gasteiger partial charge in [0.05, 0.1) is 11.6 Å². The number of aromatic nitrogens is 2. The minimum absolute atomic E-state index is 0.119. The first kappa shape index (κ1) is 18.0. The van der Waals surface area contributed by atoms with Gasteiger partial charge in [0.2, 0.25) is 0 Å². The van der Waals surface area contributed by atoms with Crippen molar-refractivity contribution in [3.63, 3.8) is 0 Å². The average molecular weight is 359 g/mol. The van der Waals surface area contributed by atoms with E-state index in [1.165, 1.54) is 0 Å². The lowest BCUT2D eigenvalue weighted by Crippen LogP contribution is -2.05. The van der Waals surface area contributed by atoms with Gasteiger partial charge >= 0.3 is 5.97 Å². The van der Waals surface area contributed by atoms with E-state index < -0.39 is 5.97 Å². The normalized spacial score (nSPS) is 10.2. The fourth-order valence-corrected chi connectivity index (χ4v) is 2.79. The molecule has 3 N–H and O–H groups in total. The summed E-state index contributed by atoms with van der Waals surface area (Å²) in [6.45, 7) is 1.60. The Hall–Kier alpha value is -3.85. The van der Waals surface area contributed by atoms with Crippen LogP contribution in [0.25, 0.3) is 32.9 Å². The van der Waals surface area contributed by atoms with Crippen LogP contribution in [0.5, 0.6) is 0 Å². The first-order valence-corrected chi connectivity index (χ1v) is 8.39. The molecule has 6 heteroatoms. The van der Waals surface area contributed by atoms with E-state index in [9.17, 15) is 9.59 Å². The fraction of sp³-hybridized carbons (Fsp3) is 0.0952. The van der Waals surface area contributed by atoms with Gasteiger partial charge in [0, 0.05) is 28.9 Å². The highest BCUT2D eigenvalue weighted by Crippen LogP contribution is 2.27. The number of rotatable bonds is 2. The molecule has 0 saturated carbocycles. The van der Waals surface area contributed by atoms with Gasteiger partial charge in [-0.3, -0.25) is 9.59 Å². The highest BCUT2D eigenvalue weighted by molar-refractivity contribution is 6.05. The molecule has 0 radical (unpaired) electrons. The molecule has 27 heavy (non-hydrogen) atoms. The van der Waals surface area contributed by atoms with E-state index in [1.54, 1.807) is 19.2 Å². The molecular formula is C21H17N3O3. The number of hydrogen-bond acceptors (Lipinski definition) is 3. The van der Waals surface area contributed by atoms with Gasteiger partial charge < -0.3 is 15.1 Å². The summed E-state index contributed by atoms with van der Waals surface area (Å²) in [5.74, 6) is -0.745. The summed E-state index contributed by atoms with van der Waals surface area (Å²) in [6, 6.07) is 17.4. The van der Waals surface area contributed by atoms with Gasteiger partial charge in [0.15, 0.2) is 0 Å². The smallest absolute Gasteiger partial charge is 0.303 e. The van der Waals surface area contributed by atoms with Crippen molar-refractivity contribution >= 4 is 27.8 Å². The van der Waals surface area contributed by atoms with Gasteiger partial charge in [-0.2, -0.15) is 5.26 Å². The number of nitrogens with one attached hydrogen (secondary N) is 2. The lowest BCUT2D eigenvalue weighted by atomic mass is 10.0. The van der Waals surface area contributed by atoms with E-state index in [0.29, 0.717) is 11.1 Å². The lowest BCUT2D eigenvalue weighted by molar-refractivity contribution is -0.136. The summed E-state index contributed by atoms with van der Waals surface area (Å²) < 4.78 is 0. The second-order valence-electron chi connectivity index (χ2n) is 5.92. The van der Waals surface area contributed by atoms with E-state index in [1.807, 2.05) is 42.5 Å². The molecule has 2 aromatic carbocycles. The zero-order chi connectivity index (χ0) is 19.4. The van der Waals surface area contributed by atoms with Gasteiger partial charge in [-0.25, -0.2) is 0 Å². The van der Waals surface area contributed by atoms with Crippen molar-refractivity contribution in [3.8, 4) is 17.2 Å².